The van der Waals surface area contributed by atoms with Crippen LogP contribution in [0.25, 0.3) is 11.3 Å². The Kier molecular flexibility index (Phi) is 3.34. The molecule has 4 saturated carbocycles. The molecule has 0 aliphatic heterocycles. The molecular formula is C20H24N2S. The van der Waals surface area contributed by atoms with Gasteiger partial charge in [-0.05, 0) is 79.4 Å². The largest absolute Gasteiger partial charge is 0.307 e. The highest BCUT2D eigenvalue weighted by Crippen LogP contribution is 2.55. The Morgan fingerprint density at radius 1 is 1.04 bits per heavy atom. The summed E-state index contributed by atoms with van der Waals surface area (Å²) in [5.41, 5.74) is 4.08. The fourth-order valence-electron chi connectivity index (χ4n) is 5.73. The molecule has 6 rings (SSSR count). The van der Waals surface area contributed by atoms with Crippen LogP contribution in [0.4, 0.5) is 0 Å². The van der Waals surface area contributed by atoms with Crippen molar-refractivity contribution in [2.45, 2.75) is 50.6 Å². The maximum absolute atomic E-state index is 4.65. The minimum absolute atomic E-state index is 0.445. The summed E-state index contributed by atoms with van der Waals surface area (Å²) in [6.45, 7) is 0.975. The lowest BCUT2D eigenvalue weighted by Crippen LogP contribution is -2.58. The van der Waals surface area contributed by atoms with Crippen LogP contribution in [0.1, 0.15) is 44.1 Å². The zero-order valence-electron chi connectivity index (χ0n) is 13.5. The van der Waals surface area contributed by atoms with Crippen molar-refractivity contribution in [2.24, 2.45) is 17.8 Å². The van der Waals surface area contributed by atoms with Crippen molar-refractivity contribution in [3.05, 3.63) is 40.7 Å². The Bertz CT molecular complexity index is 639. The van der Waals surface area contributed by atoms with Gasteiger partial charge in [0.1, 0.15) is 0 Å². The van der Waals surface area contributed by atoms with Gasteiger partial charge in [-0.15, -0.1) is 0 Å². The fraction of sp³-hybridized carbons (Fsp3) is 0.550. The monoisotopic (exact) mass is 324 g/mol. The molecule has 0 unspecified atom stereocenters. The van der Waals surface area contributed by atoms with Gasteiger partial charge in [0.2, 0.25) is 0 Å². The van der Waals surface area contributed by atoms with E-state index in [0.717, 1.165) is 30.0 Å². The van der Waals surface area contributed by atoms with Crippen LogP contribution in [0.5, 0.6) is 0 Å². The van der Waals surface area contributed by atoms with Crippen LogP contribution >= 0.6 is 11.3 Å². The number of aromatic nitrogens is 1. The van der Waals surface area contributed by atoms with Gasteiger partial charge in [0.15, 0.2) is 0 Å². The molecule has 4 bridgehead atoms. The lowest BCUT2D eigenvalue weighted by molar-refractivity contribution is -0.0206. The molecule has 2 aromatic rings. The van der Waals surface area contributed by atoms with E-state index in [1.165, 1.54) is 49.7 Å². The molecule has 2 aromatic heterocycles. The van der Waals surface area contributed by atoms with Crippen LogP contribution in [0.3, 0.4) is 0 Å². The molecule has 1 N–H and O–H groups in total. The molecule has 0 aromatic carbocycles. The number of pyridine rings is 1. The lowest BCUT2D eigenvalue weighted by Gasteiger charge is -2.57. The molecule has 0 saturated heterocycles. The average Bonchev–Trinajstić information content (AvgIpc) is 3.07. The average molecular weight is 324 g/mol. The van der Waals surface area contributed by atoms with Gasteiger partial charge >= 0.3 is 0 Å². The number of hydrogen-bond acceptors (Lipinski definition) is 3. The third-order valence-electron chi connectivity index (χ3n) is 6.35. The third-order valence-corrected chi connectivity index (χ3v) is 7.03. The molecule has 120 valence electrons. The molecule has 2 nitrogen and oxygen atoms in total. The summed E-state index contributed by atoms with van der Waals surface area (Å²) in [6.07, 6.45) is 10.8. The standard InChI is InChI=1S/C20H24N2S/c1-2-19(18-3-4-23-13-18)21-11-14(1)12-22-20-8-15-5-16(9-20)7-17(6-15)10-20/h1-4,11,13,15-17,22H,5-10,12H2. The lowest BCUT2D eigenvalue weighted by atomic mass is 9.53. The molecule has 23 heavy (non-hydrogen) atoms. The maximum Gasteiger partial charge on any atom is 0.0710 e. The van der Waals surface area contributed by atoms with Gasteiger partial charge in [0.05, 0.1) is 5.69 Å². The van der Waals surface area contributed by atoms with Crippen molar-refractivity contribution in [1.29, 1.82) is 0 Å². The number of nitrogens with zero attached hydrogens (tertiary/aromatic N) is 1. The van der Waals surface area contributed by atoms with Gasteiger partial charge in [0.25, 0.3) is 0 Å². The summed E-state index contributed by atoms with van der Waals surface area (Å²) in [5.74, 6) is 3.02. The van der Waals surface area contributed by atoms with E-state index in [4.69, 9.17) is 0 Å². The highest BCUT2D eigenvalue weighted by Gasteiger charge is 2.50. The second-order valence-electron chi connectivity index (χ2n) is 8.12. The van der Waals surface area contributed by atoms with Crippen molar-refractivity contribution in [3.63, 3.8) is 0 Å². The summed E-state index contributed by atoms with van der Waals surface area (Å²) < 4.78 is 0. The molecule has 0 amide bonds. The van der Waals surface area contributed by atoms with E-state index < -0.39 is 0 Å². The first-order valence-electron chi connectivity index (χ1n) is 9.01. The summed E-state index contributed by atoms with van der Waals surface area (Å²) in [5, 5.41) is 8.23. The van der Waals surface area contributed by atoms with Crippen molar-refractivity contribution in [2.75, 3.05) is 0 Å². The Hall–Kier alpha value is -1.19. The summed E-state index contributed by atoms with van der Waals surface area (Å²) >= 11 is 1.73. The van der Waals surface area contributed by atoms with E-state index in [1.54, 1.807) is 11.3 Å². The van der Waals surface area contributed by atoms with E-state index >= 15 is 0 Å². The first-order chi connectivity index (χ1) is 11.3. The van der Waals surface area contributed by atoms with E-state index in [9.17, 15) is 0 Å². The fourth-order valence-corrected chi connectivity index (χ4v) is 6.38. The maximum atomic E-state index is 4.65. The van der Waals surface area contributed by atoms with Gasteiger partial charge in [-0.1, -0.05) is 6.07 Å². The summed E-state index contributed by atoms with van der Waals surface area (Å²) in [6, 6.07) is 6.55. The van der Waals surface area contributed by atoms with E-state index in [2.05, 4.69) is 45.5 Å². The van der Waals surface area contributed by atoms with Crippen LogP contribution in [-0.4, -0.2) is 10.5 Å². The van der Waals surface area contributed by atoms with Crippen LogP contribution in [0.2, 0.25) is 0 Å². The van der Waals surface area contributed by atoms with Crippen molar-refractivity contribution >= 4 is 11.3 Å². The van der Waals surface area contributed by atoms with Crippen LogP contribution in [-0.2, 0) is 6.54 Å². The minimum atomic E-state index is 0.445. The number of rotatable bonds is 4. The van der Waals surface area contributed by atoms with Gasteiger partial charge in [0, 0.05) is 29.2 Å². The highest BCUT2D eigenvalue weighted by atomic mass is 32.1. The molecule has 2 heterocycles. The first kappa shape index (κ1) is 14.2. The molecule has 0 spiro atoms. The minimum Gasteiger partial charge on any atom is -0.307 e. The number of nitrogens with one attached hydrogen (secondary N) is 1. The van der Waals surface area contributed by atoms with E-state index in [-0.39, 0.29) is 0 Å². The van der Waals surface area contributed by atoms with Crippen LogP contribution < -0.4 is 5.32 Å². The topological polar surface area (TPSA) is 24.9 Å². The van der Waals surface area contributed by atoms with Crippen LogP contribution in [0.15, 0.2) is 35.2 Å². The second-order valence-corrected chi connectivity index (χ2v) is 8.90. The summed E-state index contributed by atoms with van der Waals surface area (Å²) in [7, 11) is 0. The predicted molar refractivity (Wildman–Crippen MR) is 95.3 cm³/mol. The SMILES string of the molecule is c1cc(-c2ccc(CNC34CC5CC(CC(C5)C3)C4)cn2)cs1. The van der Waals surface area contributed by atoms with Crippen molar-refractivity contribution in [1.82, 2.24) is 10.3 Å². The molecule has 4 aliphatic carbocycles. The predicted octanol–water partition coefficient (Wildman–Crippen LogP) is 4.87. The van der Waals surface area contributed by atoms with E-state index in [1.807, 2.05) is 0 Å². The van der Waals surface area contributed by atoms with E-state index in [0.29, 0.717) is 5.54 Å². The highest BCUT2D eigenvalue weighted by molar-refractivity contribution is 7.08. The van der Waals surface area contributed by atoms with Gasteiger partial charge in [-0.25, -0.2) is 0 Å². The molecule has 0 radical (unpaired) electrons. The van der Waals surface area contributed by atoms with Gasteiger partial charge in [-0.3, -0.25) is 4.98 Å². The first-order valence-corrected chi connectivity index (χ1v) is 9.95. The zero-order chi connectivity index (χ0) is 15.3. The summed E-state index contributed by atoms with van der Waals surface area (Å²) in [4.78, 5) is 4.65. The smallest absolute Gasteiger partial charge is 0.0710 e. The number of hydrogen-bond donors (Lipinski definition) is 1. The molecule has 3 heteroatoms. The Morgan fingerprint density at radius 3 is 2.35 bits per heavy atom. The van der Waals surface area contributed by atoms with Crippen molar-refractivity contribution in [3.8, 4) is 11.3 Å². The van der Waals surface area contributed by atoms with Gasteiger partial charge in [-0.2, -0.15) is 11.3 Å². The van der Waals surface area contributed by atoms with Crippen molar-refractivity contribution < 1.29 is 0 Å². The Balaban J connectivity index is 1.28. The normalized spacial score (nSPS) is 34.9. The quantitative estimate of drug-likeness (QED) is 0.868. The molecular weight excluding hydrogens is 300 g/mol. The molecule has 4 aliphatic rings. The molecule has 4 fully saturated rings. The Morgan fingerprint density at radius 2 is 1.78 bits per heavy atom. The van der Waals surface area contributed by atoms with Crippen LogP contribution in [0, 0.1) is 17.8 Å². The molecule has 0 atom stereocenters. The number of thiophene rings is 1. The Labute approximate surface area is 142 Å². The third kappa shape index (κ3) is 2.64. The van der Waals surface area contributed by atoms with Gasteiger partial charge < -0.3 is 5.32 Å². The zero-order valence-corrected chi connectivity index (χ0v) is 14.3. The second kappa shape index (κ2) is 5.42.